The number of rotatable bonds is 6. The molecule has 1 atom stereocenters. The van der Waals surface area contributed by atoms with E-state index in [1.54, 1.807) is 12.1 Å². The van der Waals surface area contributed by atoms with E-state index in [0.29, 0.717) is 5.56 Å². The van der Waals surface area contributed by atoms with Crippen LogP contribution in [-0.4, -0.2) is 33.1 Å². The first-order chi connectivity index (χ1) is 7.99. The van der Waals surface area contributed by atoms with Gasteiger partial charge in [0, 0.05) is 6.42 Å². The lowest BCUT2D eigenvalue weighted by molar-refractivity contribution is -0.161. The third-order valence-corrected chi connectivity index (χ3v) is 2.01. The molecule has 7 nitrogen and oxygen atoms in total. The van der Waals surface area contributed by atoms with Crippen molar-refractivity contribution in [2.24, 2.45) is 0 Å². The highest BCUT2D eigenvalue weighted by Crippen LogP contribution is 2.13. The first-order valence-corrected chi connectivity index (χ1v) is 4.90. The van der Waals surface area contributed by atoms with E-state index in [-0.39, 0.29) is 23.9 Å². The van der Waals surface area contributed by atoms with Gasteiger partial charge in [0.05, 0.1) is 12.3 Å². The molecule has 0 bridgehead atoms. The molecule has 1 rings (SSSR count). The Balaban J connectivity index is 2.42. The number of nitrogens with zero attached hydrogens (tertiary/aromatic N) is 1. The Kier molecular flexibility index (Phi) is 5.29. The molecule has 0 heterocycles. The van der Waals surface area contributed by atoms with Gasteiger partial charge in [-0.05, 0) is 17.7 Å². The maximum Gasteiger partial charge on any atom is 0.159 e. The van der Waals surface area contributed by atoms with Crippen molar-refractivity contribution < 1.29 is 25.3 Å². The molecule has 96 valence electrons. The van der Waals surface area contributed by atoms with Crippen molar-refractivity contribution in [3.8, 4) is 0 Å². The number of ether oxygens (including phenoxy) is 1. The van der Waals surface area contributed by atoms with Crippen molar-refractivity contribution in [1.29, 1.82) is 0 Å². The van der Waals surface area contributed by atoms with Crippen molar-refractivity contribution >= 4 is 5.69 Å². The van der Waals surface area contributed by atoms with Gasteiger partial charge in [-0.2, -0.15) is 0 Å². The van der Waals surface area contributed by atoms with Gasteiger partial charge >= 0.3 is 0 Å². The van der Waals surface area contributed by atoms with Crippen LogP contribution in [0, 0.1) is 5.21 Å². The molecule has 1 aromatic carbocycles. The maximum atomic E-state index is 10.5. The summed E-state index contributed by atoms with van der Waals surface area (Å²) in [6.07, 6.45) is -3.21. The van der Waals surface area contributed by atoms with Crippen LogP contribution in [0.5, 0.6) is 0 Å². The van der Waals surface area contributed by atoms with Crippen LogP contribution < -0.4 is 5.23 Å². The van der Waals surface area contributed by atoms with E-state index in [1.165, 1.54) is 12.1 Å². The normalized spacial score (nSPS) is 12.8. The third kappa shape index (κ3) is 5.09. The molecule has 0 fully saturated rings. The minimum absolute atomic E-state index is 0.0540. The van der Waals surface area contributed by atoms with Crippen LogP contribution in [0.15, 0.2) is 24.3 Å². The number of hydrogen-bond donors (Lipinski definition) is 4. The van der Waals surface area contributed by atoms with Gasteiger partial charge in [0.15, 0.2) is 12.6 Å². The van der Waals surface area contributed by atoms with Crippen molar-refractivity contribution in [1.82, 2.24) is 0 Å². The monoisotopic (exact) mass is 244 g/mol. The van der Waals surface area contributed by atoms with Gasteiger partial charge in [-0.3, -0.25) is 5.21 Å². The Morgan fingerprint density at radius 2 is 1.76 bits per heavy atom. The standard InChI is InChI=1S/C10H14NO6/c12-9(13)5-10(14)17-6-7-1-3-8(4-2-7)11(15)16/h1-4,9-10,12-15H,5-6H2/q-1. The second-order valence-corrected chi connectivity index (χ2v) is 3.42. The Hall–Kier alpha value is -1.22. The highest BCUT2D eigenvalue weighted by Gasteiger charge is 2.09. The van der Waals surface area contributed by atoms with Gasteiger partial charge in [-0.15, -0.1) is 0 Å². The zero-order chi connectivity index (χ0) is 12.8. The van der Waals surface area contributed by atoms with E-state index < -0.39 is 12.6 Å². The van der Waals surface area contributed by atoms with Crippen molar-refractivity contribution in [3.63, 3.8) is 0 Å². The molecule has 0 saturated carbocycles. The smallest absolute Gasteiger partial charge is 0.159 e. The Morgan fingerprint density at radius 1 is 1.18 bits per heavy atom. The molecule has 0 radical (unpaired) electrons. The Morgan fingerprint density at radius 3 is 2.24 bits per heavy atom. The summed E-state index contributed by atoms with van der Waals surface area (Å²) in [5, 5.41) is 45.1. The summed E-state index contributed by atoms with van der Waals surface area (Å²) in [6.45, 7) is 0.0540. The highest BCUT2D eigenvalue weighted by molar-refractivity contribution is 5.45. The lowest BCUT2D eigenvalue weighted by Gasteiger charge is -2.21. The third-order valence-electron chi connectivity index (χ3n) is 2.01. The zero-order valence-corrected chi connectivity index (χ0v) is 8.93. The average Bonchev–Trinajstić information content (AvgIpc) is 2.26. The summed E-state index contributed by atoms with van der Waals surface area (Å²) >= 11 is 0. The Labute approximate surface area is 97.6 Å². The van der Waals surface area contributed by atoms with Gasteiger partial charge in [0.25, 0.3) is 0 Å². The van der Waals surface area contributed by atoms with Gasteiger partial charge < -0.3 is 30.5 Å². The summed E-state index contributed by atoms with van der Waals surface area (Å²) in [4.78, 5) is 0. The van der Waals surface area contributed by atoms with Crippen molar-refractivity contribution in [2.75, 3.05) is 5.23 Å². The van der Waals surface area contributed by atoms with Crippen molar-refractivity contribution in [3.05, 3.63) is 35.0 Å². The largest absolute Gasteiger partial charge is 0.733 e. The maximum absolute atomic E-state index is 10.5. The summed E-state index contributed by atoms with van der Waals surface area (Å²) < 4.78 is 4.92. The van der Waals surface area contributed by atoms with Gasteiger partial charge in [-0.25, -0.2) is 0 Å². The summed E-state index contributed by atoms with van der Waals surface area (Å²) in [5.74, 6) is 0. The molecule has 7 heteroatoms. The van der Waals surface area contributed by atoms with Crippen molar-refractivity contribution in [2.45, 2.75) is 25.6 Å². The fraction of sp³-hybridized carbons (Fsp3) is 0.400. The molecule has 0 spiro atoms. The molecular formula is C10H14NO6-. The van der Waals surface area contributed by atoms with Crippen LogP contribution in [-0.2, 0) is 11.3 Å². The number of anilines is 1. The lowest BCUT2D eigenvalue weighted by atomic mass is 10.2. The second kappa shape index (κ2) is 6.50. The molecule has 0 saturated heterocycles. The average molecular weight is 244 g/mol. The van der Waals surface area contributed by atoms with Gasteiger partial charge in [0.2, 0.25) is 0 Å². The minimum Gasteiger partial charge on any atom is -0.733 e. The van der Waals surface area contributed by atoms with E-state index >= 15 is 0 Å². The molecule has 1 aromatic rings. The Bertz CT molecular complexity index is 326. The number of benzene rings is 1. The SMILES string of the molecule is [O-]N(O)c1ccc(COC(O)CC(O)O)cc1. The predicted octanol–water partition coefficient (Wildman–Crippen LogP) is -0.0842. The molecule has 0 aliphatic rings. The minimum atomic E-state index is -1.63. The summed E-state index contributed by atoms with van der Waals surface area (Å²) in [7, 11) is 0. The fourth-order valence-corrected chi connectivity index (χ4v) is 1.16. The molecule has 0 aromatic heterocycles. The molecule has 0 aliphatic heterocycles. The first kappa shape index (κ1) is 13.8. The van der Waals surface area contributed by atoms with E-state index in [1.807, 2.05) is 0 Å². The number of aliphatic hydroxyl groups is 3. The van der Waals surface area contributed by atoms with Crippen LogP contribution in [0.2, 0.25) is 0 Å². The van der Waals surface area contributed by atoms with Gasteiger partial charge in [0.1, 0.15) is 0 Å². The number of hydrogen-bond acceptors (Lipinski definition) is 7. The van der Waals surface area contributed by atoms with Crippen LogP contribution in [0.25, 0.3) is 0 Å². The number of aliphatic hydroxyl groups excluding tert-OH is 2. The predicted molar refractivity (Wildman–Crippen MR) is 57.7 cm³/mol. The molecule has 4 N–H and O–H groups in total. The molecule has 0 aliphatic carbocycles. The highest BCUT2D eigenvalue weighted by atomic mass is 16.8. The topological polar surface area (TPSA) is 116 Å². The van der Waals surface area contributed by atoms with Crippen LogP contribution in [0.3, 0.4) is 0 Å². The van der Waals surface area contributed by atoms with E-state index in [0.717, 1.165) is 0 Å². The first-order valence-electron chi connectivity index (χ1n) is 4.90. The van der Waals surface area contributed by atoms with Crippen LogP contribution in [0.4, 0.5) is 5.69 Å². The van der Waals surface area contributed by atoms with Gasteiger partial charge in [-0.1, -0.05) is 12.1 Å². The lowest BCUT2D eigenvalue weighted by Crippen LogP contribution is -2.19. The zero-order valence-electron chi connectivity index (χ0n) is 8.93. The van der Waals surface area contributed by atoms with E-state index in [4.69, 9.17) is 20.2 Å². The van der Waals surface area contributed by atoms with E-state index in [9.17, 15) is 10.3 Å². The van der Waals surface area contributed by atoms with Crippen LogP contribution in [0.1, 0.15) is 12.0 Å². The summed E-state index contributed by atoms with van der Waals surface area (Å²) in [5.41, 5.74) is 0.752. The molecule has 17 heavy (non-hydrogen) atoms. The molecule has 0 amide bonds. The molecular weight excluding hydrogens is 230 g/mol. The fourth-order valence-electron chi connectivity index (χ4n) is 1.16. The quantitative estimate of drug-likeness (QED) is 0.408. The summed E-state index contributed by atoms with van der Waals surface area (Å²) in [6, 6.07) is 5.86. The van der Waals surface area contributed by atoms with E-state index in [2.05, 4.69) is 0 Å². The molecule has 1 unspecified atom stereocenters. The second-order valence-electron chi connectivity index (χ2n) is 3.42. The van der Waals surface area contributed by atoms with Crippen LogP contribution >= 0.6 is 0 Å².